The summed E-state index contributed by atoms with van der Waals surface area (Å²) in [5.41, 5.74) is 3.14. The number of benzene rings is 2. The van der Waals surface area contributed by atoms with Gasteiger partial charge in [0.05, 0.1) is 24.5 Å². The standard InChI is InChI=1S/C31H33N3O5S2/c1-4-39-31(37)27-23-9-7-11-25(23)41-30(27)33-28(35)19(2)40-26-18-34(24-10-6-5-8-22(24)26)17-16-32-29(36)20-12-14-21(38-3)15-13-20/h5-6,8,10,12-15,18-19H,4,7,9,11,16-17H2,1-3H3,(H,32,36)(H,33,35)/t19-/m1/s1. The summed E-state index contributed by atoms with van der Waals surface area (Å²) in [5, 5.41) is 7.22. The van der Waals surface area contributed by atoms with Crippen molar-refractivity contribution in [2.45, 2.75) is 49.8 Å². The smallest absolute Gasteiger partial charge is 0.341 e. The molecule has 0 radical (unpaired) electrons. The lowest BCUT2D eigenvalue weighted by atomic mass is 10.1. The Balaban J connectivity index is 1.26. The number of hydrogen-bond donors (Lipinski definition) is 2. The molecule has 2 heterocycles. The zero-order valence-electron chi connectivity index (χ0n) is 23.3. The van der Waals surface area contributed by atoms with E-state index in [1.165, 1.54) is 23.1 Å². The Morgan fingerprint density at radius 2 is 1.88 bits per heavy atom. The largest absolute Gasteiger partial charge is 0.497 e. The van der Waals surface area contributed by atoms with Crippen molar-refractivity contribution in [2.24, 2.45) is 0 Å². The van der Waals surface area contributed by atoms with Gasteiger partial charge in [-0.25, -0.2) is 4.79 Å². The van der Waals surface area contributed by atoms with Crippen molar-refractivity contribution in [2.75, 3.05) is 25.6 Å². The van der Waals surface area contributed by atoms with Crippen LogP contribution in [-0.2, 0) is 28.9 Å². The summed E-state index contributed by atoms with van der Waals surface area (Å²) in [4.78, 5) is 40.7. The Hall–Kier alpha value is -3.76. The Morgan fingerprint density at radius 1 is 1.10 bits per heavy atom. The van der Waals surface area contributed by atoms with Gasteiger partial charge in [-0.1, -0.05) is 18.2 Å². The molecule has 0 spiro atoms. The van der Waals surface area contributed by atoms with Crippen molar-refractivity contribution in [3.63, 3.8) is 0 Å². The summed E-state index contributed by atoms with van der Waals surface area (Å²) >= 11 is 2.96. The second kappa shape index (κ2) is 12.8. The lowest BCUT2D eigenvalue weighted by Crippen LogP contribution is -2.27. The molecule has 2 N–H and O–H groups in total. The summed E-state index contributed by atoms with van der Waals surface area (Å²) in [5.74, 6) is 0.0197. The molecule has 0 bridgehead atoms. The number of fused-ring (bicyclic) bond motifs is 2. The molecule has 1 aliphatic rings. The Kier molecular flexibility index (Phi) is 8.99. The first-order valence-electron chi connectivity index (χ1n) is 13.7. The molecule has 0 unspecified atom stereocenters. The average molecular weight is 592 g/mol. The maximum absolute atomic E-state index is 13.3. The van der Waals surface area contributed by atoms with E-state index in [1.54, 1.807) is 38.3 Å². The summed E-state index contributed by atoms with van der Waals surface area (Å²) in [7, 11) is 1.59. The number of amides is 2. The molecule has 8 nitrogen and oxygen atoms in total. The highest BCUT2D eigenvalue weighted by Crippen LogP contribution is 2.40. The van der Waals surface area contributed by atoms with Gasteiger partial charge in [0.15, 0.2) is 0 Å². The predicted octanol–water partition coefficient (Wildman–Crippen LogP) is 5.93. The highest BCUT2D eigenvalue weighted by molar-refractivity contribution is 8.00. The number of hydrogen-bond acceptors (Lipinski definition) is 7. The van der Waals surface area contributed by atoms with Gasteiger partial charge in [0.25, 0.3) is 5.91 Å². The van der Waals surface area contributed by atoms with Crippen molar-refractivity contribution in [1.29, 1.82) is 0 Å². The van der Waals surface area contributed by atoms with Gasteiger partial charge in [0, 0.05) is 45.5 Å². The Bertz CT molecular complexity index is 1570. The molecule has 41 heavy (non-hydrogen) atoms. The van der Waals surface area contributed by atoms with E-state index < -0.39 is 5.25 Å². The van der Waals surface area contributed by atoms with Crippen LogP contribution in [0.5, 0.6) is 5.75 Å². The number of carbonyl (C=O) groups excluding carboxylic acids is 3. The molecule has 2 amide bonds. The number of para-hydroxylation sites is 1. The molecule has 2 aromatic carbocycles. The molecule has 1 atom stereocenters. The number of thiophene rings is 1. The number of nitrogens with one attached hydrogen (secondary N) is 2. The van der Waals surface area contributed by atoms with Crippen LogP contribution in [0.15, 0.2) is 59.6 Å². The van der Waals surface area contributed by atoms with Crippen LogP contribution in [0, 0.1) is 0 Å². The van der Waals surface area contributed by atoms with E-state index in [1.807, 2.05) is 37.4 Å². The highest BCUT2D eigenvalue weighted by Gasteiger charge is 2.29. The topological polar surface area (TPSA) is 98.7 Å². The van der Waals surface area contributed by atoms with E-state index in [-0.39, 0.29) is 17.8 Å². The molecule has 2 aromatic heterocycles. The minimum absolute atomic E-state index is 0.147. The first-order valence-corrected chi connectivity index (χ1v) is 15.4. The number of anilines is 1. The lowest BCUT2D eigenvalue weighted by Gasteiger charge is -2.12. The van der Waals surface area contributed by atoms with Gasteiger partial charge in [-0.2, -0.15) is 0 Å². The molecular formula is C31H33N3O5S2. The van der Waals surface area contributed by atoms with Crippen molar-refractivity contribution >= 4 is 56.8 Å². The van der Waals surface area contributed by atoms with Gasteiger partial charge in [0.1, 0.15) is 10.8 Å². The molecule has 0 fully saturated rings. The monoisotopic (exact) mass is 591 g/mol. The number of thioether (sulfide) groups is 1. The molecule has 214 valence electrons. The van der Waals surface area contributed by atoms with E-state index in [0.717, 1.165) is 45.5 Å². The van der Waals surface area contributed by atoms with Crippen LogP contribution in [0.3, 0.4) is 0 Å². The summed E-state index contributed by atoms with van der Waals surface area (Å²) < 4.78 is 12.6. The SMILES string of the molecule is CCOC(=O)c1c(NC(=O)[C@@H](C)Sc2cn(CCNC(=O)c3ccc(OC)cc3)c3ccccc23)sc2c1CCC2. The number of nitrogens with zero attached hydrogens (tertiary/aromatic N) is 1. The maximum Gasteiger partial charge on any atom is 0.341 e. The summed E-state index contributed by atoms with van der Waals surface area (Å²) in [6, 6.07) is 15.0. The van der Waals surface area contributed by atoms with Gasteiger partial charge >= 0.3 is 5.97 Å². The second-order valence-electron chi connectivity index (χ2n) is 9.72. The number of methoxy groups -OCH3 is 1. The fraction of sp³-hybridized carbons (Fsp3) is 0.323. The van der Waals surface area contributed by atoms with Crippen molar-refractivity contribution in [3.05, 3.63) is 76.3 Å². The van der Waals surface area contributed by atoms with Crippen LogP contribution in [0.25, 0.3) is 10.9 Å². The van der Waals surface area contributed by atoms with E-state index in [9.17, 15) is 14.4 Å². The third kappa shape index (κ3) is 6.28. The molecule has 1 aliphatic carbocycles. The fourth-order valence-electron chi connectivity index (χ4n) is 5.00. The normalized spacial score (nSPS) is 13.0. The third-order valence-corrected chi connectivity index (χ3v) is 9.41. The number of carbonyl (C=O) groups is 3. The Morgan fingerprint density at radius 3 is 2.63 bits per heavy atom. The van der Waals surface area contributed by atoms with Crippen molar-refractivity contribution < 1.29 is 23.9 Å². The maximum atomic E-state index is 13.3. The molecule has 5 rings (SSSR count). The predicted molar refractivity (Wildman–Crippen MR) is 164 cm³/mol. The van der Waals surface area contributed by atoms with Crippen LogP contribution in [0.4, 0.5) is 5.00 Å². The van der Waals surface area contributed by atoms with E-state index in [4.69, 9.17) is 9.47 Å². The fourth-order valence-corrected chi connectivity index (χ4v) is 7.31. The van der Waals surface area contributed by atoms with Crippen LogP contribution in [0.1, 0.15) is 51.4 Å². The van der Waals surface area contributed by atoms with Crippen LogP contribution in [-0.4, -0.2) is 47.9 Å². The Labute approximate surface area is 247 Å². The van der Waals surface area contributed by atoms with Crippen molar-refractivity contribution in [1.82, 2.24) is 9.88 Å². The van der Waals surface area contributed by atoms with E-state index >= 15 is 0 Å². The minimum Gasteiger partial charge on any atom is -0.497 e. The molecule has 10 heteroatoms. The van der Waals surface area contributed by atoms with E-state index in [2.05, 4.69) is 15.2 Å². The van der Waals surface area contributed by atoms with Gasteiger partial charge < -0.3 is 24.7 Å². The number of rotatable bonds is 11. The van der Waals surface area contributed by atoms with Crippen molar-refractivity contribution in [3.8, 4) is 5.75 Å². The van der Waals surface area contributed by atoms with Gasteiger partial charge in [-0.3, -0.25) is 9.59 Å². The lowest BCUT2D eigenvalue weighted by molar-refractivity contribution is -0.115. The van der Waals surface area contributed by atoms with Crippen LogP contribution < -0.4 is 15.4 Å². The number of esters is 1. The summed E-state index contributed by atoms with van der Waals surface area (Å²) in [6.45, 7) is 4.97. The zero-order valence-corrected chi connectivity index (χ0v) is 25.0. The first kappa shape index (κ1) is 28.8. The number of aryl methyl sites for hydroxylation is 1. The molecule has 0 aliphatic heterocycles. The minimum atomic E-state index is -0.406. The third-order valence-electron chi connectivity index (χ3n) is 7.05. The highest BCUT2D eigenvalue weighted by atomic mass is 32.2. The number of ether oxygens (including phenoxy) is 2. The van der Waals surface area contributed by atoms with Crippen LogP contribution in [0.2, 0.25) is 0 Å². The zero-order chi connectivity index (χ0) is 28.9. The molecule has 0 saturated heterocycles. The molecule has 0 saturated carbocycles. The first-order chi connectivity index (χ1) is 19.9. The van der Waals surface area contributed by atoms with Gasteiger partial charge in [0.2, 0.25) is 5.91 Å². The molecular weight excluding hydrogens is 558 g/mol. The molecule has 4 aromatic rings. The van der Waals surface area contributed by atoms with Gasteiger partial charge in [-0.15, -0.1) is 23.1 Å². The average Bonchev–Trinajstić information content (AvgIpc) is 3.66. The number of aromatic nitrogens is 1. The van der Waals surface area contributed by atoms with Gasteiger partial charge in [-0.05, 0) is 69.0 Å². The van der Waals surface area contributed by atoms with Crippen LogP contribution >= 0.6 is 23.1 Å². The van der Waals surface area contributed by atoms with E-state index in [0.29, 0.717) is 41.6 Å². The summed E-state index contributed by atoms with van der Waals surface area (Å²) in [6.07, 6.45) is 4.80. The quantitative estimate of drug-likeness (QED) is 0.166. The second-order valence-corrected chi connectivity index (χ2v) is 12.2.